The highest BCUT2D eigenvalue weighted by Crippen LogP contribution is 2.66. The van der Waals surface area contributed by atoms with Gasteiger partial charge in [0.1, 0.15) is 12.2 Å². The quantitative estimate of drug-likeness (QED) is 0.276. The van der Waals surface area contributed by atoms with Crippen LogP contribution in [0.5, 0.6) is 0 Å². The van der Waals surface area contributed by atoms with Crippen LogP contribution in [-0.2, 0) is 23.7 Å². The van der Waals surface area contributed by atoms with Gasteiger partial charge in [0.15, 0.2) is 5.78 Å². The lowest BCUT2D eigenvalue weighted by Gasteiger charge is -2.57. The fraction of sp³-hybridized carbons (Fsp3) is 0.710. The zero-order valence-corrected chi connectivity index (χ0v) is 24.0. The highest BCUT2D eigenvalue weighted by Gasteiger charge is 2.60. The van der Waals surface area contributed by atoms with Crippen molar-refractivity contribution in [3.63, 3.8) is 0 Å². The molecular weight excluding hydrogens is 484 g/mol. The van der Waals surface area contributed by atoms with E-state index in [9.17, 15) is 14.4 Å². The molecule has 0 spiro atoms. The molecule has 210 valence electrons. The third-order valence-corrected chi connectivity index (χ3v) is 10.3. The van der Waals surface area contributed by atoms with Crippen LogP contribution in [0.4, 0.5) is 9.59 Å². The number of hydrogen-bond acceptors (Lipinski definition) is 7. The van der Waals surface area contributed by atoms with Crippen molar-refractivity contribution in [2.75, 3.05) is 14.2 Å². The monoisotopic (exact) mass is 528 g/mol. The average molecular weight is 529 g/mol. The first-order valence-corrected chi connectivity index (χ1v) is 14.1. The molecule has 38 heavy (non-hydrogen) atoms. The van der Waals surface area contributed by atoms with Gasteiger partial charge in [-0.25, -0.2) is 9.59 Å². The normalized spacial score (nSPS) is 36.8. The Morgan fingerprint density at radius 1 is 0.947 bits per heavy atom. The lowest BCUT2D eigenvalue weighted by Crippen LogP contribution is -2.54. The molecule has 0 saturated heterocycles. The van der Waals surface area contributed by atoms with E-state index in [0.717, 1.165) is 31.3 Å². The van der Waals surface area contributed by atoms with E-state index in [1.165, 1.54) is 19.8 Å². The van der Waals surface area contributed by atoms with Crippen LogP contribution in [0.1, 0.15) is 73.1 Å². The Bertz CT molecular complexity index is 1040. The Morgan fingerprint density at radius 2 is 1.63 bits per heavy atom. The van der Waals surface area contributed by atoms with Gasteiger partial charge in [0.05, 0.1) is 14.2 Å². The highest BCUT2D eigenvalue weighted by atomic mass is 16.7. The van der Waals surface area contributed by atoms with Crippen LogP contribution in [0.15, 0.2) is 35.5 Å². The van der Waals surface area contributed by atoms with Crippen LogP contribution in [-0.4, -0.2) is 44.5 Å². The van der Waals surface area contributed by atoms with Gasteiger partial charge < -0.3 is 18.9 Å². The van der Waals surface area contributed by atoms with Crippen molar-refractivity contribution in [1.29, 1.82) is 0 Å². The molecule has 0 heterocycles. The van der Waals surface area contributed by atoms with E-state index in [-0.39, 0.29) is 23.0 Å². The second-order valence-electron chi connectivity index (χ2n) is 12.4. The second kappa shape index (κ2) is 10.9. The maximum Gasteiger partial charge on any atom is 0.508 e. The third kappa shape index (κ3) is 4.93. The minimum absolute atomic E-state index is 0.0168. The SMILES string of the molecule is COC(=O)O[C@@H]1CC2=CC=C3[C@@H]4CC[C@H]([C@H](C)/C=C/C(=O)C(C)C)[C@@]4(C)CC[C@@H]3[C@@]2(C)[C@@H](OC(=O)OC)C1. The summed E-state index contributed by atoms with van der Waals surface area (Å²) in [6, 6.07) is 0. The van der Waals surface area contributed by atoms with Gasteiger partial charge in [-0.1, -0.05) is 64.0 Å². The van der Waals surface area contributed by atoms with Crippen molar-refractivity contribution in [2.24, 2.45) is 40.4 Å². The molecular formula is C31H44O7. The number of rotatable bonds is 6. The van der Waals surface area contributed by atoms with Gasteiger partial charge in [0.25, 0.3) is 0 Å². The Kier molecular flexibility index (Phi) is 8.15. The molecule has 4 aliphatic rings. The molecule has 4 aliphatic carbocycles. The minimum Gasteiger partial charge on any atom is -0.438 e. The molecule has 0 unspecified atom stereocenters. The first-order valence-electron chi connectivity index (χ1n) is 14.1. The second-order valence-corrected chi connectivity index (χ2v) is 12.4. The molecule has 3 saturated carbocycles. The summed E-state index contributed by atoms with van der Waals surface area (Å²) < 4.78 is 21.0. The summed E-state index contributed by atoms with van der Waals surface area (Å²) in [5.41, 5.74) is 2.34. The van der Waals surface area contributed by atoms with Crippen molar-refractivity contribution >= 4 is 18.1 Å². The van der Waals surface area contributed by atoms with E-state index >= 15 is 0 Å². The Hall–Kier alpha value is -2.57. The number of carbonyl (C=O) groups is 3. The predicted molar refractivity (Wildman–Crippen MR) is 143 cm³/mol. The van der Waals surface area contributed by atoms with E-state index in [0.29, 0.717) is 30.6 Å². The predicted octanol–water partition coefficient (Wildman–Crippen LogP) is 6.82. The highest BCUT2D eigenvalue weighted by molar-refractivity contribution is 5.91. The fourth-order valence-corrected chi connectivity index (χ4v) is 8.09. The maximum atomic E-state index is 12.3. The number of ketones is 1. The van der Waals surface area contributed by atoms with Gasteiger partial charge in [-0.05, 0) is 60.8 Å². The first kappa shape index (κ1) is 28.4. The first-order chi connectivity index (χ1) is 17.9. The summed E-state index contributed by atoms with van der Waals surface area (Å²) in [5, 5.41) is 0. The van der Waals surface area contributed by atoms with Gasteiger partial charge in [-0.2, -0.15) is 0 Å². The Labute approximate surface area is 227 Å². The largest absolute Gasteiger partial charge is 0.508 e. The summed E-state index contributed by atoms with van der Waals surface area (Å²) in [6.07, 6.45) is 11.3. The molecule has 4 rings (SSSR count). The molecule has 0 N–H and O–H groups in total. The van der Waals surface area contributed by atoms with E-state index in [2.05, 4.69) is 39.0 Å². The summed E-state index contributed by atoms with van der Waals surface area (Å²) >= 11 is 0. The number of hydrogen-bond donors (Lipinski definition) is 0. The van der Waals surface area contributed by atoms with E-state index in [4.69, 9.17) is 18.9 Å². The lowest BCUT2D eigenvalue weighted by atomic mass is 9.49. The van der Waals surface area contributed by atoms with E-state index < -0.39 is 29.9 Å². The molecule has 0 aromatic carbocycles. The molecule has 0 radical (unpaired) electrons. The topological polar surface area (TPSA) is 88.1 Å². The van der Waals surface area contributed by atoms with Crippen molar-refractivity contribution in [1.82, 2.24) is 0 Å². The number of ether oxygens (including phenoxy) is 4. The summed E-state index contributed by atoms with van der Waals surface area (Å²) in [7, 11) is 2.60. The minimum atomic E-state index is -0.730. The number of fused-ring (bicyclic) bond motifs is 5. The average Bonchev–Trinajstić information content (AvgIpc) is 3.24. The number of carbonyl (C=O) groups excluding carboxylic acids is 3. The van der Waals surface area contributed by atoms with Crippen LogP contribution in [0.3, 0.4) is 0 Å². The van der Waals surface area contributed by atoms with Crippen molar-refractivity contribution in [2.45, 2.75) is 85.4 Å². The van der Waals surface area contributed by atoms with E-state index in [1.54, 1.807) is 6.08 Å². The molecule has 7 nitrogen and oxygen atoms in total. The van der Waals surface area contributed by atoms with Crippen molar-refractivity contribution in [3.05, 3.63) is 35.5 Å². The number of allylic oxidation sites excluding steroid dienone is 5. The van der Waals surface area contributed by atoms with Crippen LogP contribution in [0.25, 0.3) is 0 Å². The lowest BCUT2D eigenvalue weighted by molar-refractivity contribution is -0.117. The van der Waals surface area contributed by atoms with Gasteiger partial charge in [0, 0.05) is 24.2 Å². The van der Waals surface area contributed by atoms with Crippen molar-refractivity contribution in [3.8, 4) is 0 Å². The fourth-order valence-electron chi connectivity index (χ4n) is 8.09. The molecule has 7 heteroatoms. The standard InChI is InChI=1S/C31H44O7/c1-18(2)26(32)13-8-19(3)23-11-12-24-22-10-9-20-16-21(37-28(33)35-6)17-27(38-29(34)36-7)31(20,5)25(22)14-15-30(23,24)4/h8-10,13,18-19,21,23-25,27H,11-12,14-17H2,1-7H3/b13-8+/t19-,21-,23-,24+,25+,27+,30-,31+/m1/s1. The van der Waals surface area contributed by atoms with Crippen LogP contribution >= 0.6 is 0 Å². The van der Waals surface area contributed by atoms with Gasteiger partial charge >= 0.3 is 12.3 Å². The molecule has 0 bridgehead atoms. The zero-order chi connectivity index (χ0) is 27.8. The van der Waals surface area contributed by atoms with Crippen LogP contribution in [0.2, 0.25) is 0 Å². The molecule has 8 atom stereocenters. The zero-order valence-electron chi connectivity index (χ0n) is 24.0. The Morgan fingerprint density at radius 3 is 2.29 bits per heavy atom. The summed E-state index contributed by atoms with van der Waals surface area (Å²) in [5.74, 6) is 1.72. The molecule has 0 aromatic heterocycles. The molecule has 0 amide bonds. The van der Waals surface area contributed by atoms with Crippen LogP contribution < -0.4 is 0 Å². The Balaban J connectivity index is 1.63. The smallest absolute Gasteiger partial charge is 0.438 e. The van der Waals surface area contributed by atoms with Gasteiger partial charge in [-0.15, -0.1) is 0 Å². The van der Waals surface area contributed by atoms with E-state index in [1.807, 2.05) is 13.8 Å². The van der Waals surface area contributed by atoms with Crippen molar-refractivity contribution < 1.29 is 33.3 Å². The van der Waals surface area contributed by atoms with Crippen LogP contribution in [0, 0.1) is 40.4 Å². The summed E-state index contributed by atoms with van der Waals surface area (Å²) in [4.78, 5) is 36.4. The number of methoxy groups -OCH3 is 2. The summed E-state index contributed by atoms with van der Waals surface area (Å²) in [6.45, 7) is 10.8. The van der Waals surface area contributed by atoms with Gasteiger partial charge in [-0.3, -0.25) is 4.79 Å². The molecule has 0 aliphatic heterocycles. The molecule has 0 aromatic rings. The third-order valence-electron chi connectivity index (χ3n) is 10.3. The van der Waals surface area contributed by atoms with Gasteiger partial charge in [0.2, 0.25) is 0 Å². The molecule has 3 fully saturated rings. The maximum absolute atomic E-state index is 12.3.